The standard InChI is InChI=1S/C18H28N4O3/c19-18(20-6-2-7-22-8-12-23-13-9-22)21-14-15-4-1-5-16-17(15)25-11-3-10-24-16/h1,4-5H,2-3,6-14H2,(H3,19,20,21). The molecule has 7 nitrogen and oxygen atoms in total. The van der Waals surface area contributed by atoms with Crippen LogP contribution < -0.4 is 20.5 Å². The number of guanidine groups is 1. The molecule has 1 saturated heterocycles. The van der Waals surface area contributed by atoms with E-state index in [0.29, 0.717) is 25.7 Å². The molecule has 3 N–H and O–H groups in total. The zero-order valence-electron chi connectivity index (χ0n) is 14.7. The molecule has 0 radical (unpaired) electrons. The SMILES string of the molecule is NC(=NCc1cccc2c1OCCCO2)NCCCN1CCOCC1. The van der Waals surface area contributed by atoms with Crippen LogP contribution in [0.5, 0.6) is 11.5 Å². The van der Waals surface area contributed by atoms with E-state index in [1.165, 1.54) is 0 Å². The van der Waals surface area contributed by atoms with Crippen LogP contribution in [0.1, 0.15) is 18.4 Å². The van der Waals surface area contributed by atoms with Crippen LogP contribution in [0.4, 0.5) is 0 Å². The number of hydrogen-bond donors (Lipinski definition) is 2. The fraction of sp³-hybridized carbons (Fsp3) is 0.611. The van der Waals surface area contributed by atoms with Crippen molar-refractivity contribution in [3.8, 4) is 11.5 Å². The van der Waals surface area contributed by atoms with Gasteiger partial charge in [-0.15, -0.1) is 0 Å². The predicted octanol–water partition coefficient (Wildman–Crippen LogP) is 0.975. The van der Waals surface area contributed by atoms with Crippen LogP contribution in [0, 0.1) is 0 Å². The monoisotopic (exact) mass is 348 g/mol. The molecule has 2 aliphatic rings. The number of nitrogens with one attached hydrogen (secondary N) is 1. The van der Waals surface area contributed by atoms with Crippen molar-refractivity contribution in [1.82, 2.24) is 10.2 Å². The first-order chi connectivity index (χ1) is 12.3. The van der Waals surface area contributed by atoms with Gasteiger partial charge in [0, 0.05) is 31.6 Å². The first-order valence-corrected chi connectivity index (χ1v) is 9.04. The summed E-state index contributed by atoms with van der Waals surface area (Å²) in [5, 5.41) is 3.18. The number of benzene rings is 1. The van der Waals surface area contributed by atoms with Crippen molar-refractivity contribution >= 4 is 5.96 Å². The van der Waals surface area contributed by atoms with Crippen LogP contribution >= 0.6 is 0 Å². The van der Waals surface area contributed by atoms with E-state index in [-0.39, 0.29) is 0 Å². The van der Waals surface area contributed by atoms with Gasteiger partial charge in [0.1, 0.15) is 0 Å². The molecule has 0 aromatic heterocycles. The average molecular weight is 348 g/mol. The molecule has 0 unspecified atom stereocenters. The second-order valence-corrected chi connectivity index (χ2v) is 6.23. The van der Waals surface area contributed by atoms with Crippen molar-refractivity contribution in [2.45, 2.75) is 19.4 Å². The van der Waals surface area contributed by atoms with Gasteiger partial charge < -0.3 is 25.3 Å². The third-order valence-electron chi connectivity index (χ3n) is 4.33. The predicted molar refractivity (Wildman–Crippen MR) is 97.3 cm³/mol. The third-order valence-corrected chi connectivity index (χ3v) is 4.33. The quantitative estimate of drug-likeness (QED) is 0.453. The summed E-state index contributed by atoms with van der Waals surface area (Å²) < 4.78 is 16.9. The minimum Gasteiger partial charge on any atom is -0.490 e. The fourth-order valence-corrected chi connectivity index (χ4v) is 2.95. The molecule has 1 aromatic carbocycles. The lowest BCUT2D eigenvalue weighted by molar-refractivity contribution is 0.0376. The van der Waals surface area contributed by atoms with E-state index in [0.717, 1.165) is 69.3 Å². The van der Waals surface area contributed by atoms with E-state index >= 15 is 0 Å². The summed E-state index contributed by atoms with van der Waals surface area (Å²) in [4.78, 5) is 6.84. The molecule has 0 spiro atoms. The highest BCUT2D eigenvalue weighted by Crippen LogP contribution is 2.33. The fourth-order valence-electron chi connectivity index (χ4n) is 2.95. The second-order valence-electron chi connectivity index (χ2n) is 6.23. The lowest BCUT2D eigenvalue weighted by atomic mass is 10.2. The van der Waals surface area contributed by atoms with Crippen molar-refractivity contribution in [2.24, 2.45) is 10.7 Å². The van der Waals surface area contributed by atoms with E-state index < -0.39 is 0 Å². The van der Waals surface area contributed by atoms with Crippen molar-refractivity contribution in [3.05, 3.63) is 23.8 Å². The second kappa shape index (κ2) is 9.48. The number of para-hydroxylation sites is 1. The highest BCUT2D eigenvalue weighted by atomic mass is 16.5. The maximum atomic E-state index is 5.98. The first kappa shape index (κ1) is 17.8. The van der Waals surface area contributed by atoms with E-state index in [4.69, 9.17) is 19.9 Å². The maximum Gasteiger partial charge on any atom is 0.188 e. The van der Waals surface area contributed by atoms with Gasteiger partial charge in [0.05, 0.1) is 33.0 Å². The van der Waals surface area contributed by atoms with Crippen LogP contribution in [-0.2, 0) is 11.3 Å². The molecule has 0 saturated carbocycles. The average Bonchev–Trinajstić information content (AvgIpc) is 2.90. The largest absolute Gasteiger partial charge is 0.490 e. The number of nitrogens with two attached hydrogens (primary N) is 1. The van der Waals surface area contributed by atoms with Crippen molar-refractivity contribution in [2.75, 3.05) is 52.6 Å². The molecule has 0 atom stereocenters. The van der Waals surface area contributed by atoms with Gasteiger partial charge in [-0.25, -0.2) is 4.99 Å². The smallest absolute Gasteiger partial charge is 0.188 e. The molecule has 3 rings (SSSR count). The lowest BCUT2D eigenvalue weighted by Gasteiger charge is -2.26. The van der Waals surface area contributed by atoms with Crippen molar-refractivity contribution < 1.29 is 14.2 Å². The zero-order chi connectivity index (χ0) is 17.3. The summed E-state index contributed by atoms with van der Waals surface area (Å²) in [6, 6.07) is 5.90. The highest BCUT2D eigenvalue weighted by molar-refractivity contribution is 5.77. The van der Waals surface area contributed by atoms with Gasteiger partial charge >= 0.3 is 0 Å². The minimum absolute atomic E-state index is 0.467. The molecule has 0 bridgehead atoms. The normalized spacial score (nSPS) is 18.6. The van der Waals surface area contributed by atoms with Gasteiger partial charge in [-0.05, 0) is 19.0 Å². The Kier molecular flexibility index (Phi) is 6.76. The van der Waals surface area contributed by atoms with E-state index in [2.05, 4.69) is 15.2 Å². The molecule has 1 aromatic rings. The molecule has 0 aliphatic carbocycles. The molecule has 2 heterocycles. The van der Waals surface area contributed by atoms with E-state index in [1.54, 1.807) is 0 Å². The molecule has 25 heavy (non-hydrogen) atoms. The van der Waals surface area contributed by atoms with Gasteiger partial charge in [-0.1, -0.05) is 12.1 Å². The van der Waals surface area contributed by atoms with Gasteiger partial charge in [0.2, 0.25) is 0 Å². The molecule has 7 heteroatoms. The van der Waals surface area contributed by atoms with Crippen LogP contribution in [0.3, 0.4) is 0 Å². The number of morpholine rings is 1. The Balaban J connectivity index is 1.43. The van der Waals surface area contributed by atoms with Gasteiger partial charge in [0.25, 0.3) is 0 Å². The van der Waals surface area contributed by atoms with Crippen LogP contribution in [0.25, 0.3) is 0 Å². The number of rotatable bonds is 6. The highest BCUT2D eigenvalue weighted by Gasteiger charge is 2.14. The Bertz CT molecular complexity index is 573. The molecular formula is C18H28N4O3. The maximum absolute atomic E-state index is 5.98. The van der Waals surface area contributed by atoms with Gasteiger partial charge in [-0.2, -0.15) is 0 Å². The summed E-state index contributed by atoms with van der Waals surface area (Å²) in [6.07, 6.45) is 1.93. The topological polar surface area (TPSA) is 81.3 Å². The minimum atomic E-state index is 0.467. The summed E-state index contributed by atoms with van der Waals surface area (Å²) in [5.41, 5.74) is 6.98. The number of fused-ring (bicyclic) bond motifs is 1. The van der Waals surface area contributed by atoms with Crippen LogP contribution in [0.2, 0.25) is 0 Å². The summed E-state index contributed by atoms with van der Waals surface area (Å²) in [5.74, 6) is 2.06. The van der Waals surface area contributed by atoms with Gasteiger partial charge in [-0.3, -0.25) is 4.90 Å². The Morgan fingerprint density at radius 1 is 1.16 bits per heavy atom. The molecular weight excluding hydrogens is 320 g/mol. The summed E-state index contributed by atoms with van der Waals surface area (Å²) in [6.45, 7) is 7.43. The van der Waals surface area contributed by atoms with E-state index in [1.807, 2.05) is 18.2 Å². The Labute approximate surface area is 149 Å². The Morgan fingerprint density at radius 3 is 2.88 bits per heavy atom. The Morgan fingerprint density at radius 2 is 2.00 bits per heavy atom. The number of hydrogen-bond acceptors (Lipinski definition) is 5. The molecule has 2 aliphatic heterocycles. The van der Waals surface area contributed by atoms with Crippen molar-refractivity contribution in [3.63, 3.8) is 0 Å². The lowest BCUT2D eigenvalue weighted by Crippen LogP contribution is -2.39. The molecule has 1 fully saturated rings. The van der Waals surface area contributed by atoms with Crippen LogP contribution in [0.15, 0.2) is 23.2 Å². The molecule has 0 amide bonds. The number of ether oxygens (including phenoxy) is 3. The first-order valence-electron chi connectivity index (χ1n) is 9.04. The third kappa shape index (κ3) is 5.51. The summed E-state index contributed by atoms with van der Waals surface area (Å²) in [7, 11) is 0. The van der Waals surface area contributed by atoms with Crippen LogP contribution in [-0.4, -0.2) is 63.5 Å². The molecule has 138 valence electrons. The zero-order valence-corrected chi connectivity index (χ0v) is 14.7. The Hall–Kier alpha value is -1.99. The number of aliphatic imine (C=N–C) groups is 1. The van der Waals surface area contributed by atoms with Gasteiger partial charge in [0.15, 0.2) is 17.5 Å². The summed E-state index contributed by atoms with van der Waals surface area (Å²) >= 11 is 0. The van der Waals surface area contributed by atoms with Crippen molar-refractivity contribution in [1.29, 1.82) is 0 Å². The number of nitrogens with zero attached hydrogens (tertiary/aromatic N) is 2. The van der Waals surface area contributed by atoms with E-state index in [9.17, 15) is 0 Å².